The number of nitro benzene ring substituents is 1. The number of ether oxygens (including phenoxy) is 1. The molecule has 0 aliphatic carbocycles. The molecule has 1 amide bonds. The summed E-state index contributed by atoms with van der Waals surface area (Å²) in [5, 5.41) is 20.7. The van der Waals surface area contributed by atoms with Crippen LogP contribution in [0.2, 0.25) is 0 Å². The monoisotopic (exact) mass is 411 g/mol. The normalized spacial score (nSPS) is 11.3. The number of nitrogens with one attached hydrogen (secondary N) is 1. The lowest BCUT2D eigenvalue weighted by molar-refractivity contribution is -0.383. The molecule has 0 saturated carbocycles. The van der Waals surface area contributed by atoms with Gasteiger partial charge in [0, 0.05) is 18.8 Å². The van der Waals surface area contributed by atoms with Crippen molar-refractivity contribution in [1.29, 1.82) is 0 Å². The van der Waals surface area contributed by atoms with Crippen molar-refractivity contribution in [3.05, 3.63) is 46.5 Å². The van der Waals surface area contributed by atoms with Gasteiger partial charge in [-0.15, -0.1) is 13.2 Å². The third-order valence-corrected chi connectivity index (χ3v) is 3.73. The predicted octanol–water partition coefficient (Wildman–Crippen LogP) is 3.10. The molecule has 0 aliphatic heterocycles. The maximum Gasteiger partial charge on any atom is 0.573 e. The zero-order chi connectivity index (χ0) is 21.2. The molecule has 0 unspecified atom stereocenters. The summed E-state index contributed by atoms with van der Waals surface area (Å²) in [6.07, 6.45) is -4.81. The van der Waals surface area contributed by atoms with Crippen LogP contribution in [0.3, 0.4) is 0 Å². The highest BCUT2D eigenvalue weighted by molar-refractivity contribution is 5.98. The lowest BCUT2D eigenvalue weighted by Gasteiger charge is -2.18. The minimum absolute atomic E-state index is 0.0555. The number of anilines is 2. The molecular weight excluding hydrogens is 399 g/mol. The molecule has 13 heteroatoms. The van der Waals surface area contributed by atoms with Crippen LogP contribution in [0.15, 0.2) is 41.0 Å². The average Bonchev–Trinajstić information content (AvgIpc) is 3.10. The van der Waals surface area contributed by atoms with Crippen molar-refractivity contribution in [3.8, 4) is 5.75 Å². The number of hydrogen-bond donors (Lipinski definition) is 1. The number of fused-ring (bicyclic) bond motifs is 1. The fourth-order valence-electron chi connectivity index (χ4n) is 2.54. The highest BCUT2D eigenvalue weighted by atomic mass is 19.4. The van der Waals surface area contributed by atoms with Crippen molar-refractivity contribution in [2.45, 2.75) is 6.36 Å². The highest BCUT2D eigenvalue weighted by Gasteiger charge is 2.31. The number of benzene rings is 2. The van der Waals surface area contributed by atoms with Gasteiger partial charge in [0.2, 0.25) is 11.4 Å². The Labute approximate surface area is 160 Å². The summed E-state index contributed by atoms with van der Waals surface area (Å²) in [5.41, 5.74) is 0.401. The molecule has 0 fully saturated rings. The van der Waals surface area contributed by atoms with Gasteiger partial charge in [-0.3, -0.25) is 14.9 Å². The minimum atomic E-state index is -4.81. The maximum atomic E-state index is 12.2. The Morgan fingerprint density at radius 2 is 1.86 bits per heavy atom. The van der Waals surface area contributed by atoms with E-state index in [1.54, 1.807) is 7.05 Å². The number of hydrogen-bond acceptors (Lipinski definition) is 8. The maximum absolute atomic E-state index is 12.2. The predicted molar refractivity (Wildman–Crippen MR) is 93.5 cm³/mol. The largest absolute Gasteiger partial charge is 0.573 e. The van der Waals surface area contributed by atoms with Crippen LogP contribution in [0.1, 0.15) is 0 Å². The molecule has 0 spiro atoms. The van der Waals surface area contributed by atoms with E-state index in [1.165, 1.54) is 29.2 Å². The Balaban J connectivity index is 1.68. The van der Waals surface area contributed by atoms with Gasteiger partial charge in [-0.2, -0.15) is 0 Å². The molecule has 10 nitrogen and oxygen atoms in total. The van der Waals surface area contributed by atoms with Gasteiger partial charge in [0.05, 0.1) is 17.2 Å². The van der Waals surface area contributed by atoms with Gasteiger partial charge in [-0.1, -0.05) is 0 Å². The Morgan fingerprint density at radius 1 is 1.21 bits per heavy atom. The number of carbonyl (C=O) groups is 1. The van der Waals surface area contributed by atoms with E-state index in [2.05, 4.69) is 25.0 Å². The second-order valence-electron chi connectivity index (χ2n) is 5.80. The standard InChI is InChI=1S/C16H12F3N5O5/c1-23(11-6-7-12(24(26)27)15-14(11)21-29-22-15)8-13(25)20-9-2-4-10(5-3-9)28-16(17,18)19/h2-7H,8H2,1H3,(H,20,25). The van der Waals surface area contributed by atoms with Gasteiger partial charge in [0.1, 0.15) is 5.75 Å². The fraction of sp³-hybridized carbons (Fsp3) is 0.188. The molecule has 0 atom stereocenters. The van der Waals surface area contributed by atoms with Crippen LogP contribution in [0.25, 0.3) is 11.0 Å². The average molecular weight is 411 g/mol. The first kappa shape index (κ1) is 19.9. The first-order chi connectivity index (χ1) is 13.6. The summed E-state index contributed by atoms with van der Waals surface area (Å²) >= 11 is 0. The van der Waals surface area contributed by atoms with E-state index in [1.807, 2.05) is 0 Å². The minimum Gasteiger partial charge on any atom is -0.406 e. The van der Waals surface area contributed by atoms with Gasteiger partial charge in [-0.05, 0) is 40.6 Å². The number of carbonyl (C=O) groups excluding carboxylic acids is 1. The summed E-state index contributed by atoms with van der Waals surface area (Å²) in [6, 6.07) is 7.26. The molecule has 3 rings (SSSR count). The highest BCUT2D eigenvalue weighted by Crippen LogP contribution is 2.30. The van der Waals surface area contributed by atoms with Crippen LogP contribution in [0.5, 0.6) is 5.75 Å². The topological polar surface area (TPSA) is 124 Å². The fourth-order valence-corrected chi connectivity index (χ4v) is 2.54. The number of amides is 1. The zero-order valence-corrected chi connectivity index (χ0v) is 14.6. The molecule has 1 heterocycles. The zero-order valence-electron chi connectivity index (χ0n) is 14.6. The van der Waals surface area contributed by atoms with Gasteiger partial charge in [0.15, 0.2) is 5.52 Å². The van der Waals surface area contributed by atoms with E-state index < -0.39 is 22.9 Å². The molecule has 0 aliphatic rings. The Morgan fingerprint density at radius 3 is 2.48 bits per heavy atom. The van der Waals surface area contributed by atoms with E-state index in [-0.39, 0.29) is 29.0 Å². The van der Waals surface area contributed by atoms with E-state index in [0.29, 0.717) is 5.69 Å². The number of likely N-dealkylation sites (N-methyl/N-ethyl adjacent to an activating group) is 1. The smallest absolute Gasteiger partial charge is 0.406 e. The van der Waals surface area contributed by atoms with E-state index >= 15 is 0 Å². The molecule has 29 heavy (non-hydrogen) atoms. The van der Waals surface area contributed by atoms with Crippen molar-refractivity contribution >= 4 is 34.0 Å². The van der Waals surface area contributed by atoms with Crippen molar-refractivity contribution < 1.29 is 32.3 Å². The van der Waals surface area contributed by atoms with E-state index in [0.717, 1.165) is 12.1 Å². The summed E-state index contributed by atoms with van der Waals surface area (Å²) in [6.45, 7) is -0.180. The summed E-state index contributed by atoms with van der Waals surface area (Å²) in [7, 11) is 1.55. The molecule has 0 bridgehead atoms. The molecule has 1 aromatic heterocycles. The van der Waals surface area contributed by atoms with Crippen LogP contribution in [-0.2, 0) is 4.79 Å². The molecule has 0 radical (unpaired) electrons. The first-order valence-corrected chi connectivity index (χ1v) is 7.90. The lowest BCUT2D eigenvalue weighted by Crippen LogP contribution is -2.30. The number of halogens is 3. The van der Waals surface area contributed by atoms with Gasteiger partial charge in [-0.25, -0.2) is 4.63 Å². The molecule has 3 aromatic rings. The SMILES string of the molecule is CN(CC(=O)Nc1ccc(OC(F)(F)F)cc1)c1ccc([N+](=O)[O-])c2nonc12. The van der Waals surface area contributed by atoms with Gasteiger partial charge in [0.25, 0.3) is 0 Å². The van der Waals surface area contributed by atoms with Crippen molar-refractivity contribution in [1.82, 2.24) is 10.3 Å². The molecule has 2 aromatic carbocycles. The molecule has 152 valence electrons. The number of aromatic nitrogens is 2. The third-order valence-electron chi connectivity index (χ3n) is 3.73. The van der Waals surface area contributed by atoms with E-state index in [9.17, 15) is 28.1 Å². The molecule has 0 saturated heterocycles. The van der Waals surface area contributed by atoms with Gasteiger partial charge >= 0.3 is 12.0 Å². The summed E-state index contributed by atoms with van der Waals surface area (Å²) < 4.78 is 44.8. The number of nitro groups is 1. The summed E-state index contributed by atoms with van der Waals surface area (Å²) in [4.78, 5) is 24.1. The lowest BCUT2D eigenvalue weighted by atomic mass is 10.2. The number of nitrogens with zero attached hydrogens (tertiary/aromatic N) is 4. The van der Waals surface area contributed by atoms with Crippen molar-refractivity contribution in [2.24, 2.45) is 0 Å². The third kappa shape index (κ3) is 4.69. The van der Waals surface area contributed by atoms with Crippen LogP contribution in [0.4, 0.5) is 30.2 Å². The Hall–Kier alpha value is -3.90. The number of non-ortho nitro benzene ring substituents is 1. The summed E-state index contributed by atoms with van der Waals surface area (Å²) in [5.74, 6) is -0.903. The van der Waals surface area contributed by atoms with Crippen LogP contribution < -0.4 is 15.0 Å². The second-order valence-corrected chi connectivity index (χ2v) is 5.80. The molecular formula is C16H12F3N5O5. The van der Waals surface area contributed by atoms with Crippen LogP contribution >= 0.6 is 0 Å². The molecule has 1 N–H and O–H groups in total. The quantitative estimate of drug-likeness (QED) is 0.485. The Kier molecular flexibility index (Phi) is 5.21. The van der Waals surface area contributed by atoms with Crippen LogP contribution in [0, 0.1) is 10.1 Å². The van der Waals surface area contributed by atoms with Crippen LogP contribution in [-0.4, -0.2) is 41.1 Å². The van der Waals surface area contributed by atoms with Crippen molar-refractivity contribution in [2.75, 3.05) is 23.8 Å². The second kappa shape index (κ2) is 7.61. The van der Waals surface area contributed by atoms with Crippen molar-refractivity contribution in [3.63, 3.8) is 0 Å². The van der Waals surface area contributed by atoms with E-state index in [4.69, 9.17) is 0 Å². The first-order valence-electron chi connectivity index (χ1n) is 7.90. The van der Waals surface area contributed by atoms with Gasteiger partial charge < -0.3 is 15.0 Å². The number of alkyl halides is 3. The number of rotatable bonds is 6. The Bertz CT molecular complexity index is 1050.